The number of hydrogen-bond acceptors (Lipinski definition) is 4. The number of piperidine rings is 1. The molecule has 0 aromatic carbocycles. The largest absolute Gasteiger partial charge is 0.384 e. The molecule has 1 aromatic heterocycles. The lowest BCUT2D eigenvalue weighted by Crippen LogP contribution is -2.45. The number of nitrogens with one attached hydrogen (secondary N) is 2. The quantitative estimate of drug-likeness (QED) is 0.545. The van der Waals surface area contributed by atoms with Gasteiger partial charge in [-0.1, -0.05) is 6.42 Å². The van der Waals surface area contributed by atoms with Crippen LogP contribution in [0.4, 0.5) is 5.82 Å². The Morgan fingerprint density at radius 1 is 1.55 bits per heavy atom. The van der Waals surface area contributed by atoms with E-state index in [4.69, 9.17) is 11.1 Å². The lowest BCUT2D eigenvalue weighted by molar-refractivity contribution is 0.270. The van der Waals surface area contributed by atoms with Gasteiger partial charge in [0.15, 0.2) is 0 Å². The van der Waals surface area contributed by atoms with Gasteiger partial charge in [-0.25, -0.2) is 0 Å². The molecule has 112 valence electrons. The van der Waals surface area contributed by atoms with Crippen LogP contribution in [0.3, 0.4) is 0 Å². The third-order valence-corrected chi connectivity index (χ3v) is 5.12. The Morgan fingerprint density at radius 2 is 2.25 bits per heavy atom. The molecular weight excluding hydrogens is 280 g/mol. The van der Waals surface area contributed by atoms with Gasteiger partial charge in [0.05, 0.1) is 11.8 Å². The van der Waals surface area contributed by atoms with Crippen LogP contribution in [0.2, 0.25) is 0 Å². The van der Waals surface area contributed by atoms with E-state index in [1.807, 2.05) is 6.92 Å². The lowest BCUT2D eigenvalue weighted by atomic mass is 10.1. The summed E-state index contributed by atoms with van der Waals surface area (Å²) in [5.74, 6) is -0.00207. The fraction of sp³-hybridized carbons (Fsp3) is 0.636. The molecule has 1 atom stereocenters. The Hall–Kier alpha value is -1.61. The van der Waals surface area contributed by atoms with Gasteiger partial charge in [-0.2, -0.15) is 17.8 Å². The molecule has 1 unspecified atom stereocenters. The Bertz CT molecular complexity index is 608. The number of aromatic nitrogens is 2. The molecule has 2 heterocycles. The van der Waals surface area contributed by atoms with Crippen LogP contribution in [0, 0.1) is 5.41 Å². The smallest absolute Gasteiger partial charge is 0.303 e. The maximum atomic E-state index is 12.5. The van der Waals surface area contributed by atoms with Gasteiger partial charge in [0, 0.05) is 19.6 Å². The van der Waals surface area contributed by atoms with Crippen molar-refractivity contribution in [3.8, 4) is 0 Å². The third kappa shape index (κ3) is 2.78. The first kappa shape index (κ1) is 14.8. The topological polar surface area (TPSA) is 117 Å². The molecule has 1 fully saturated rings. The van der Waals surface area contributed by atoms with E-state index in [1.165, 1.54) is 15.2 Å². The van der Waals surface area contributed by atoms with Crippen molar-refractivity contribution in [3.05, 3.63) is 11.8 Å². The van der Waals surface area contributed by atoms with Crippen LogP contribution < -0.4 is 10.5 Å². The Morgan fingerprint density at radius 3 is 2.85 bits per heavy atom. The number of nitrogen functional groups attached to an aromatic ring is 1. The highest BCUT2D eigenvalue weighted by molar-refractivity contribution is 7.90. The molecule has 0 aliphatic carbocycles. The van der Waals surface area contributed by atoms with Gasteiger partial charge in [-0.3, -0.25) is 14.8 Å². The standard InChI is InChI=1S/C11H20N6O2S/c1-8-5-3-4-6-17(8)20(18,19)15-11-9(10(12)13)7-14-16(11)2/h7-8,15H,3-6H2,1-2H3,(H3,12,13). The number of nitrogens with two attached hydrogens (primary N) is 1. The molecular formula is C11H20N6O2S. The van der Waals surface area contributed by atoms with Crippen molar-refractivity contribution in [2.75, 3.05) is 11.3 Å². The van der Waals surface area contributed by atoms with Gasteiger partial charge < -0.3 is 5.73 Å². The first-order chi connectivity index (χ1) is 9.33. The summed E-state index contributed by atoms with van der Waals surface area (Å²) in [4.78, 5) is 0. The Kier molecular flexibility index (Phi) is 4.00. The van der Waals surface area contributed by atoms with E-state index in [2.05, 4.69) is 9.82 Å². The van der Waals surface area contributed by atoms with Crippen molar-refractivity contribution < 1.29 is 8.42 Å². The number of nitrogens with zero attached hydrogens (tertiary/aromatic N) is 3. The first-order valence-corrected chi connectivity index (χ1v) is 7.93. The minimum absolute atomic E-state index is 0.0322. The van der Waals surface area contributed by atoms with E-state index < -0.39 is 10.2 Å². The van der Waals surface area contributed by atoms with Crippen LogP contribution in [0.25, 0.3) is 0 Å². The zero-order valence-corrected chi connectivity index (χ0v) is 12.4. The molecule has 1 aliphatic heterocycles. The monoisotopic (exact) mass is 300 g/mol. The van der Waals surface area contributed by atoms with Crippen LogP contribution in [0.15, 0.2) is 6.20 Å². The Balaban J connectivity index is 2.28. The molecule has 4 N–H and O–H groups in total. The van der Waals surface area contributed by atoms with Crippen LogP contribution in [-0.4, -0.2) is 40.9 Å². The van der Waals surface area contributed by atoms with Crippen molar-refractivity contribution in [1.82, 2.24) is 14.1 Å². The molecule has 8 nitrogen and oxygen atoms in total. The van der Waals surface area contributed by atoms with Crippen LogP contribution in [0.5, 0.6) is 0 Å². The number of anilines is 1. The predicted octanol–water partition coefficient (Wildman–Crippen LogP) is 0.235. The number of hydrogen-bond donors (Lipinski definition) is 3. The van der Waals surface area contributed by atoms with E-state index in [9.17, 15) is 8.42 Å². The van der Waals surface area contributed by atoms with Gasteiger partial charge in [0.25, 0.3) is 0 Å². The zero-order valence-electron chi connectivity index (χ0n) is 11.6. The summed E-state index contributed by atoms with van der Waals surface area (Å²) in [5, 5.41) is 11.4. The molecule has 1 aliphatic rings. The van der Waals surface area contributed by atoms with E-state index >= 15 is 0 Å². The summed E-state index contributed by atoms with van der Waals surface area (Å²) < 4.78 is 30.2. The molecule has 0 saturated carbocycles. The Labute approximate surface area is 118 Å². The van der Waals surface area contributed by atoms with Crippen molar-refractivity contribution in [2.45, 2.75) is 32.2 Å². The van der Waals surface area contributed by atoms with Crippen molar-refractivity contribution in [1.29, 1.82) is 5.41 Å². The summed E-state index contributed by atoms with van der Waals surface area (Å²) >= 11 is 0. The van der Waals surface area contributed by atoms with Crippen LogP contribution in [-0.2, 0) is 17.3 Å². The molecule has 0 radical (unpaired) electrons. The van der Waals surface area contributed by atoms with Crippen molar-refractivity contribution >= 4 is 21.9 Å². The molecule has 0 spiro atoms. The summed E-state index contributed by atoms with van der Waals surface area (Å²) in [6.07, 6.45) is 4.12. The predicted molar refractivity (Wildman–Crippen MR) is 76.8 cm³/mol. The van der Waals surface area contributed by atoms with Gasteiger partial charge in [0.2, 0.25) is 0 Å². The summed E-state index contributed by atoms with van der Waals surface area (Å²) in [5.41, 5.74) is 5.71. The normalized spacial score (nSPS) is 20.8. The minimum atomic E-state index is -3.66. The molecule has 1 saturated heterocycles. The summed E-state index contributed by atoms with van der Waals surface area (Å²) in [6.45, 7) is 2.40. The van der Waals surface area contributed by atoms with E-state index in [-0.39, 0.29) is 23.3 Å². The summed E-state index contributed by atoms with van der Waals surface area (Å²) in [7, 11) is -2.06. The minimum Gasteiger partial charge on any atom is -0.384 e. The molecule has 9 heteroatoms. The average molecular weight is 300 g/mol. The average Bonchev–Trinajstić information content (AvgIpc) is 2.71. The highest BCUT2D eigenvalue weighted by Gasteiger charge is 2.30. The van der Waals surface area contributed by atoms with Crippen LogP contribution >= 0.6 is 0 Å². The van der Waals surface area contributed by atoms with Gasteiger partial charge in [0.1, 0.15) is 11.7 Å². The maximum absolute atomic E-state index is 12.5. The molecule has 1 aromatic rings. The second-order valence-electron chi connectivity index (χ2n) is 5.01. The van der Waals surface area contributed by atoms with Gasteiger partial charge >= 0.3 is 10.2 Å². The first-order valence-electron chi connectivity index (χ1n) is 6.49. The third-order valence-electron chi connectivity index (χ3n) is 3.51. The van der Waals surface area contributed by atoms with Crippen LogP contribution in [0.1, 0.15) is 31.7 Å². The summed E-state index contributed by atoms with van der Waals surface area (Å²) in [6, 6.07) is -0.0322. The van der Waals surface area contributed by atoms with E-state index in [0.29, 0.717) is 6.54 Å². The fourth-order valence-electron chi connectivity index (χ4n) is 2.37. The van der Waals surface area contributed by atoms with E-state index in [0.717, 1.165) is 19.3 Å². The molecule has 20 heavy (non-hydrogen) atoms. The highest BCUT2D eigenvalue weighted by Crippen LogP contribution is 2.22. The van der Waals surface area contributed by atoms with Crippen molar-refractivity contribution in [3.63, 3.8) is 0 Å². The number of rotatable bonds is 4. The highest BCUT2D eigenvalue weighted by atomic mass is 32.2. The molecule has 0 bridgehead atoms. The lowest BCUT2D eigenvalue weighted by Gasteiger charge is -2.32. The van der Waals surface area contributed by atoms with Crippen molar-refractivity contribution in [2.24, 2.45) is 12.8 Å². The van der Waals surface area contributed by atoms with Gasteiger partial charge in [-0.15, -0.1) is 0 Å². The number of amidine groups is 1. The second kappa shape index (κ2) is 5.41. The molecule has 2 rings (SSSR count). The zero-order chi connectivity index (χ0) is 14.9. The number of aryl methyl sites for hydroxylation is 1. The SMILES string of the molecule is CC1CCCCN1S(=O)(=O)Nc1c(C(=N)N)cnn1C. The second-order valence-corrected chi connectivity index (χ2v) is 6.63. The molecule has 0 amide bonds. The fourth-order valence-corrected chi connectivity index (χ4v) is 3.92. The maximum Gasteiger partial charge on any atom is 0.303 e. The van der Waals surface area contributed by atoms with Gasteiger partial charge in [-0.05, 0) is 19.8 Å². The van der Waals surface area contributed by atoms with E-state index in [1.54, 1.807) is 7.05 Å².